The lowest BCUT2D eigenvalue weighted by Gasteiger charge is -2.11. The van der Waals surface area contributed by atoms with Crippen LogP contribution >= 0.6 is 0 Å². The van der Waals surface area contributed by atoms with Gasteiger partial charge in [-0.05, 0) is 23.0 Å². The van der Waals surface area contributed by atoms with E-state index in [1.807, 2.05) is 0 Å². The maximum Gasteiger partial charge on any atom is 0.151 e. The van der Waals surface area contributed by atoms with E-state index in [-0.39, 0.29) is 28.2 Å². The van der Waals surface area contributed by atoms with Crippen molar-refractivity contribution in [3.63, 3.8) is 0 Å². The number of hydrogen-bond donors (Lipinski definition) is 2. The van der Waals surface area contributed by atoms with Gasteiger partial charge in [-0.2, -0.15) is 0 Å². The topological polar surface area (TPSA) is 38.0 Å². The van der Waals surface area contributed by atoms with Crippen LogP contribution in [0.4, 0.5) is 20.2 Å². The van der Waals surface area contributed by atoms with E-state index in [9.17, 15) is 8.78 Å². The number of hydrogen-bond acceptors (Lipinski definition) is 2. The van der Waals surface area contributed by atoms with Gasteiger partial charge in [-0.25, -0.2) is 8.78 Å². The summed E-state index contributed by atoms with van der Waals surface area (Å²) < 4.78 is 27.2. The van der Waals surface area contributed by atoms with Gasteiger partial charge in [-0.3, -0.25) is 0 Å². The molecule has 0 saturated heterocycles. The van der Waals surface area contributed by atoms with Crippen molar-refractivity contribution in [2.24, 2.45) is 10.8 Å². The minimum atomic E-state index is -0.638. The molecule has 1 aromatic carbocycles. The van der Waals surface area contributed by atoms with Crippen LogP contribution < -0.4 is 11.1 Å². The van der Waals surface area contributed by atoms with Crippen LogP contribution in [0.5, 0.6) is 0 Å². The number of nitrogen functional groups attached to an aromatic ring is 1. The fourth-order valence-corrected chi connectivity index (χ4v) is 2.43. The molecule has 4 heteroatoms. The Morgan fingerprint density at radius 3 is 1.82 bits per heavy atom. The molecule has 94 valence electrons. The molecule has 1 fully saturated rings. The van der Waals surface area contributed by atoms with Gasteiger partial charge in [-0.1, -0.05) is 27.7 Å². The Kier molecular flexibility index (Phi) is 2.39. The smallest absolute Gasteiger partial charge is 0.151 e. The van der Waals surface area contributed by atoms with Crippen molar-refractivity contribution < 1.29 is 8.78 Å². The molecule has 0 heterocycles. The molecular weight excluding hydrogens is 222 g/mol. The molecule has 1 aliphatic rings. The van der Waals surface area contributed by atoms with E-state index < -0.39 is 11.6 Å². The summed E-state index contributed by atoms with van der Waals surface area (Å²) in [5.74, 6) is -1.28. The average Bonchev–Trinajstić information content (AvgIpc) is 2.51. The number of anilines is 2. The van der Waals surface area contributed by atoms with Crippen molar-refractivity contribution in [2.75, 3.05) is 11.1 Å². The minimum absolute atomic E-state index is 0.0211. The van der Waals surface area contributed by atoms with Crippen LogP contribution in [-0.2, 0) is 0 Å². The summed E-state index contributed by atoms with van der Waals surface area (Å²) in [7, 11) is 0. The van der Waals surface area contributed by atoms with Crippen LogP contribution in [0.25, 0.3) is 0 Å². The first-order valence-electron chi connectivity index (χ1n) is 5.69. The average molecular weight is 240 g/mol. The maximum absolute atomic E-state index is 13.6. The number of halogens is 2. The quantitative estimate of drug-likeness (QED) is 0.777. The second kappa shape index (κ2) is 3.34. The van der Waals surface area contributed by atoms with Gasteiger partial charge in [0, 0.05) is 11.7 Å². The summed E-state index contributed by atoms with van der Waals surface area (Å²) >= 11 is 0. The molecule has 1 aliphatic carbocycles. The molecule has 2 rings (SSSR count). The summed E-state index contributed by atoms with van der Waals surface area (Å²) in [6, 6.07) is 2.32. The molecule has 0 unspecified atom stereocenters. The first-order valence-corrected chi connectivity index (χ1v) is 5.69. The van der Waals surface area contributed by atoms with Crippen molar-refractivity contribution in [2.45, 2.75) is 33.7 Å². The van der Waals surface area contributed by atoms with E-state index >= 15 is 0 Å². The third-order valence-corrected chi connectivity index (χ3v) is 4.37. The van der Waals surface area contributed by atoms with Crippen molar-refractivity contribution in [3.05, 3.63) is 23.8 Å². The fraction of sp³-hybridized carbons (Fsp3) is 0.538. The molecule has 1 aromatic rings. The van der Waals surface area contributed by atoms with Crippen LogP contribution in [0.1, 0.15) is 27.7 Å². The summed E-state index contributed by atoms with van der Waals surface area (Å²) in [5, 5.41) is 2.95. The summed E-state index contributed by atoms with van der Waals surface area (Å²) in [4.78, 5) is 0. The molecule has 0 spiro atoms. The van der Waals surface area contributed by atoms with Crippen molar-refractivity contribution >= 4 is 11.4 Å². The van der Waals surface area contributed by atoms with Gasteiger partial charge in [0.2, 0.25) is 0 Å². The van der Waals surface area contributed by atoms with E-state index in [0.717, 1.165) is 12.1 Å². The zero-order valence-corrected chi connectivity index (χ0v) is 10.6. The highest BCUT2D eigenvalue weighted by Gasteiger charge is 2.65. The Hall–Kier alpha value is -1.32. The third kappa shape index (κ3) is 1.66. The highest BCUT2D eigenvalue weighted by molar-refractivity contribution is 5.56. The van der Waals surface area contributed by atoms with Gasteiger partial charge in [0.1, 0.15) is 5.69 Å². The maximum atomic E-state index is 13.6. The Balaban J connectivity index is 2.28. The Morgan fingerprint density at radius 1 is 1.06 bits per heavy atom. The lowest BCUT2D eigenvalue weighted by molar-refractivity contribution is 0.457. The zero-order valence-electron chi connectivity index (χ0n) is 10.6. The molecule has 0 bridgehead atoms. The standard InChI is InChI=1S/C13H18F2N2/c1-12(2)11(13(12,3)4)17-10-8(14)5-7(16)6-9(10)15/h5-6,11,17H,16H2,1-4H3. The SMILES string of the molecule is CC1(C)C(Nc2c(F)cc(N)cc2F)C1(C)C. The van der Waals surface area contributed by atoms with Crippen LogP contribution in [0.2, 0.25) is 0 Å². The molecule has 0 aliphatic heterocycles. The summed E-state index contributed by atoms with van der Waals surface area (Å²) in [6.07, 6.45) is 0. The predicted octanol–water partition coefficient (Wildman–Crippen LogP) is 3.39. The molecule has 2 nitrogen and oxygen atoms in total. The first-order chi connectivity index (χ1) is 7.68. The molecule has 0 atom stereocenters. The fourth-order valence-electron chi connectivity index (χ4n) is 2.43. The van der Waals surface area contributed by atoms with Crippen molar-refractivity contribution in [1.29, 1.82) is 0 Å². The highest BCUT2D eigenvalue weighted by Crippen LogP contribution is 2.63. The van der Waals surface area contributed by atoms with Crippen molar-refractivity contribution in [1.82, 2.24) is 0 Å². The minimum Gasteiger partial charge on any atom is -0.399 e. The van der Waals surface area contributed by atoms with E-state index in [4.69, 9.17) is 5.73 Å². The van der Waals surface area contributed by atoms with Crippen LogP contribution in [-0.4, -0.2) is 6.04 Å². The predicted molar refractivity (Wildman–Crippen MR) is 65.7 cm³/mol. The monoisotopic (exact) mass is 240 g/mol. The zero-order chi connectivity index (χ0) is 13.0. The normalized spacial score (nSPS) is 21.3. The van der Waals surface area contributed by atoms with Gasteiger partial charge in [0.05, 0.1) is 0 Å². The van der Waals surface area contributed by atoms with Crippen LogP contribution in [0, 0.1) is 22.5 Å². The Labute approximate surface area is 100 Å². The third-order valence-electron chi connectivity index (χ3n) is 4.37. The lowest BCUT2D eigenvalue weighted by Crippen LogP contribution is -2.13. The summed E-state index contributed by atoms with van der Waals surface area (Å²) in [6.45, 7) is 8.32. The first kappa shape index (κ1) is 12.1. The molecular formula is C13H18F2N2. The molecule has 0 aromatic heterocycles. The molecule has 0 radical (unpaired) electrons. The molecule has 1 saturated carbocycles. The van der Waals surface area contributed by atoms with Crippen molar-refractivity contribution in [3.8, 4) is 0 Å². The van der Waals surface area contributed by atoms with E-state index in [0.29, 0.717) is 0 Å². The van der Waals surface area contributed by atoms with Gasteiger partial charge in [0.25, 0.3) is 0 Å². The van der Waals surface area contributed by atoms with Gasteiger partial charge >= 0.3 is 0 Å². The van der Waals surface area contributed by atoms with E-state index in [1.165, 1.54) is 0 Å². The second-order valence-corrected chi connectivity index (χ2v) is 5.88. The Morgan fingerprint density at radius 2 is 1.47 bits per heavy atom. The van der Waals surface area contributed by atoms with Gasteiger partial charge < -0.3 is 11.1 Å². The number of benzene rings is 1. The van der Waals surface area contributed by atoms with Crippen LogP contribution in [0.15, 0.2) is 12.1 Å². The summed E-state index contributed by atoms with van der Waals surface area (Å²) in [5.41, 5.74) is 5.43. The highest BCUT2D eigenvalue weighted by atomic mass is 19.1. The number of nitrogens with two attached hydrogens (primary N) is 1. The largest absolute Gasteiger partial charge is 0.399 e. The second-order valence-electron chi connectivity index (χ2n) is 5.88. The van der Waals surface area contributed by atoms with Gasteiger partial charge in [-0.15, -0.1) is 0 Å². The van der Waals surface area contributed by atoms with Gasteiger partial charge in [0.15, 0.2) is 11.6 Å². The molecule has 0 amide bonds. The number of nitrogens with one attached hydrogen (secondary N) is 1. The molecule has 3 N–H and O–H groups in total. The molecule has 17 heavy (non-hydrogen) atoms. The number of rotatable bonds is 2. The lowest BCUT2D eigenvalue weighted by atomic mass is 10.0. The van der Waals surface area contributed by atoms with E-state index in [1.54, 1.807) is 0 Å². The van der Waals surface area contributed by atoms with E-state index in [2.05, 4.69) is 33.0 Å². The Bertz CT molecular complexity index is 429. The van der Waals surface area contributed by atoms with Crippen LogP contribution in [0.3, 0.4) is 0 Å².